The molecule has 1 aromatic heterocycles. The molecule has 29 heavy (non-hydrogen) atoms. The molecular weight excluding hydrogens is 362 g/mol. The van der Waals surface area contributed by atoms with Gasteiger partial charge in [-0.15, -0.1) is 0 Å². The second kappa shape index (κ2) is 8.69. The third-order valence-electron chi connectivity index (χ3n) is 4.85. The first-order valence-electron chi connectivity index (χ1n) is 9.60. The summed E-state index contributed by atoms with van der Waals surface area (Å²) < 4.78 is 0. The smallest absolute Gasteiger partial charge is 0.274 e. The van der Waals surface area contributed by atoms with Crippen molar-refractivity contribution in [2.24, 2.45) is 0 Å². The number of pyridine rings is 1. The Balaban J connectivity index is 1.77. The molecule has 0 saturated heterocycles. The average Bonchev–Trinajstić information content (AvgIpc) is 2.71. The van der Waals surface area contributed by atoms with Crippen molar-refractivity contribution in [3.63, 3.8) is 0 Å². The standard InChI is InChI=1S/C24H25N3O2/c1-15(2)20-7-5-6-8-21(20)27-24(29)22-14-18(11-12-25-22)23(28)26-19-10-9-16(3)17(4)13-19/h5-15H,1-4H3,(H,26,28)(H,27,29). The maximum Gasteiger partial charge on any atom is 0.274 e. The molecule has 5 heteroatoms. The van der Waals surface area contributed by atoms with Gasteiger partial charge in [0.05, 0.1) is 0 Å². The molecule has 148 valence electrons. The number of carbonyl (C=O) groups excluding carboxylic acids is 2. The van der Waals surface area contributed by atoms with Gasteiger partial charge in [0.1, 0.15) is 5.69 Å². The van der Waals surface area contributed by atoms with Crippen LogP contribution in [0.3, 0.4) is 0 Å². The number of rotatable bonds is 5. The number of carbonyl (C=O) groups is 2. The van der Waals surface area contributed by atoms with E-state index in [1.54, 1.807) is 6.07 Å². The van der Waals surface area contributed by atoms with Gasteiger partial charge >= 0.3 is 0 Å². The number of nitrogens with zero attached hydrogens (tertiary/aromatic N) is 1. The summed E-state index contributed by atoms with van der Waals surface area (Å²) in [6.07, 6.45) is 1.47. The molecule has 0 fully saturated rings. The van der Waals surface area contributed by atoms with Gasteiger partial charge in [-0.25, -0.2) is 0 Å². The van der Waals surface area contributed by atoms with Crippen LogP contribution < -0.4 is 10.6 Å². The van der Waals surface area contributed by atoms with Crippen LogP contribution in [0.25, 0.3) is 0 Å². The van der Waals surface area contributed by atoms with E-state index in [0.29, 0.717) is 11.3 Å². The molecule has 0 spiro atoms. The minimum atomic E-state index is -0.348. The highest BCUT2D eigenvalue weighted by molar-refractivity contribution is 6.08. The molecule has 2 aromatic carbocycles. The van der Waals surface area contributed by atoms with Gasteiger partial charge in [-0.3, -0.25) is 14.6 Å². The molecule has 0 aliphatic carbocycles. The van der Waals surface area contributed by atoms with Gasteiger partial charge in [0.25, 0.3) is 11.8 Å². The number of nitrogens with one attached hydrogen (secondary N) is 2. The number of hydrogen-bond donors (Lipinski definition) is 2. The van der Waals surface area contributed by atoms with Crippen LogP contribution >= 0.6 is 0 Å². The molecule has 2 amide bonds. The maximum atomic E-state index is 12.7. The van der Waals surface area contributed by atoms with Crippen molar-refractivity contribution < 1.29 is 9.59 Å². The van der Waals surface area contributed by atoms with Crippen molar-refractivity contribution in [2.45, 2.75) is 33.6 Å². The Labute approximate surface area is 171 Å². The number of aryl methyl sites for hydroxylation is 2. The van der Waals surface area contributed by atoms with Crippen molar-refractivity contribution in [3.05, 3.63) is 88.7 Å². The van der Waals surface area contributed by atoms with E-state index in [0.717, 1.165) is 22.4 Å². The van der Waals surface area contributed by atoms with E-state index >= 15 is 0 Å². The van der Waals surface area contributed by atoms with E-state index in [-0.39, 0.29) is 23.4 Å². The highest BCUT2D eigenvalue weighted by atomic mass is 16.2. The van der Waals surface area contributed by atoms with Gasteiger partial charge in [-0.1, -0.05) is 38.1 Å². The molecule has 0 aliphatic rings. The first-order valence-corrected chi connectivity index (χ1v) is 9.60. The molecule has 0 bridgehead atoms. The van der Waals surface area contributed by atoms with Gasteiger partial charge in [0.2, 0.25) is 0 Å². The third kappa shape index (κ3) is 4.88. The average molecular weight is 387 g/mol. The topological polar surface area (TPSA) is 71.1 Å². The predicted molar refractivity (Wildman–Crippen MR) is 117 cm³/mol. The van der Waals surface area contributed by atoms with Crippen LogP contribution in [0.15, 0.2) is 60.8 Å². The van der Waals surface area contributed by atoms with Crippen molar-refractivity contribution in [2.75, 3.05) is 10.6 Å². The van der Waals surface area contributed by atoms with Gasteiger partial charge in [0, 0.05) is 23.1 Å². The van der Waals surface area contributed by atoms with E-state index in [1.165, 1.54) is 12.3 Å². The molecule has 3 aromatic rings. The number of benzene rings is 2. The number of anilines is 2. The number of para-hydroxylation sites is 1. The lowest BCUT2D eigenvalue weighted by atomic mass is 10.0. The molecule has 0 radical (unpaired) electrons. The third-order valence-corrected chi connectivity index (χ3v) is 4.85. The minimum absolute atomic E-state index is 0.191. The van der Waals surface area contributed by atoms with Crippen LogP contribution in [0.5, 0.6) is 0 Å². The fourth-order valence-corrected chi connectivity index (χ4v) is 3.02. The lowest BCUT2D eigenvalue weighted by Crippen LogP contribution is -2.17. The summed E-state index contributed by atoms with van der Waals surface area (Å²) in [5.74, 6) is -0.360. The van der Waals surface area contributed by atoms with Crippen LogP contribution in [-0.2, 0) is 0 Å². The number of amides is 2. The van der Waals surface area contributed by atoms with E-state index in [9.17, 15) is 9.59 Å². The van der Waals surface area contributed by atoms with Crippen LogP contribution in [0.4, 0.5) is 11.4 Å². The Morgan fingerprint density at radius 2 is 1.62 bits per heavy atom. The van der Waals surface area contributed by atoms with Crippen LogP contribution in [0.2, 0.25) is 0 Å². The molecule has 0 saturated carbocycles. The molecule has 5 nitrogen and oxygen atoms in total. The fourth-order valence-electron chi connectivity index (χ4n) is 3.02. The summed E-state index contributed by atoms with van der Waals surface area (Å²) in [5.41, 5.74) is 5.33. The van der Waals surface area contributed by atoms with Crippen molar-refractivity contribution >= 4 is 23.2 Å². The molecule has 1 heterocycles. The Hall–Kier alpha value is -3.47. The summed E-state index contributed by atoms with van der Waals surface area (Å²) in [5, 5.41) is 5.77. The van der Waals surface area contributed by atoms with Gasteiger partial charge < -0.3 is 10.6 Å². The van der Waals surface area contributed by atoms with Crippen molar-refractivity contribution in [1.82, 2.24) is 4.98 Å². The summed E-state index contributed by atoms with van der Waals surface area (Å²) >= 11 is 0. The molecule has 0 unspecified atom stereocenters. The zero-order valence-corrected chi connectivity index (χ0v) is 17.1. The molecule has 3 rings (SSSR count). The molecule has 2 N–H and O–H groups in total. The fraction of sp³-hybridized carbons (Fsp3) is 0.208. The molecular formula is C24H25N3O2. The maximum absolute atomic E-state index is 12.7. The van der Waals surface area contributed by atoms with Crippen molar-refractivity contribution in [1.29, 1.82) is 0 Å². The van der Waals surface area contributed by atoms with E-state index in [1.807, 2.05) is 56.3 Å². The van der Waals surface area contributed by atoms with Crippen LogP contribution in [0.1, 0.15) is 57.3 Å². The van der Waals surface area contributed by atoms with E-state index in [2.05, 4.69) is 29.5 Å². The lowest BCUT2D eigenvalue weighted by Gasteiger charge is -2.13. The van der Waals surface area contributed by atoms with Crippen LogP contribution in [0, 0.1) is 13.8 Å². The normalized spacial score (nSPS) is 10.7. The second-order valence-electron chi connectivity index (χ2n) is 7.38. The first kappa shape index (κ1) is 20.3. The summed E-state index contributed by atoms with van der Waals surface area (Å²) in [7, 11) is 0. The number of aromatic nitrogens is 1. The van der Waals surface area contributed by atoms with Crippen molar-refractivity contribution in [3.8, 4) is 0 Å². The Morgan fingerprint density at radius 3 is 2.34 bits per heavy atom. The lowest BCUT2D eigenvalue weighted by molar-refractivity contribution is 0.102. The van der Waals surface area contributed by atoms with Gasteiger partial charge in [-0.05, 0) is 66.8 Å². The summed E-state index contributed by atoms with van der Waals surface area (Å²) in [6.45, 7) is 8.16. The van der Waals surface area contributed by atoms with Crippen LogP contribution in [-0.4, -0.2) is 16.8 Å². The second-order valence-corrected chi connectivity index (χ2v) is 7.38. The summed E-state index contributed by atoms with van der Waals surface area (Å²) in [4.78, 5) is 29.4. The SMILES string of the molecule is Cc1ccc(NC(=O)c2ccnc(C(=O)Nc3ccccc3C(C)C)c2)cc1C. The van der Waals surface area contributed by atoms with Gasteiger partial charge in [0.15, 0.2) is 0 Å². The molecule has 0 aliphatic heterocycles. The molecule has 0 atom stereocenters. The highest BCUT2D eigenvalue weighted by Gasteiger charge is 2.15. The Morgan fingerprint density at radius 1 is 0.862 bits per heavy atom. The van der Waals surface area contributed by atoms with E-state index in [4.69, 9.17) is 0 Å². The van der Waals surface area contributed by atoms with Gasteiger partial charge in [-0.2, -0.15) is 0 Å². The zero-order chi connectivity index (χ0) is 21.0. The first-order chi connectivity index (χ1) is 13.8. The van der Waals surface area contributed by atoms with E-state index < -0.39 is 0 Å². The zero-order valence-electron chi connectivity index (χ0n) is 17.1. The summed E-state index contributed by atoms with van der Waals surface area (Å²) in [6, 6.07) is 16.5. The number of hydrogen-bond acceptors (Lipinski definition) is 3. The highest BCUT2D eigenvalue weighted by Crippen LogP contribution is 2.24. The monoisotopic (exact) mass is 387 g/mol. The predicted octanol–water partition coefficient (Wildman–Crippen LogP) is 5.33. The Bertz CT molecular complexity index is 1060. The largest absolute Gasteiger partial charge is 0.322 e. The quantitative estimate of drug-likeness (QED) is 0.622. The minimum Gasteiger partial charge on any atom is -0.322 e. The Kier molecular flexibility index (Phi) is 6.07.